The van der Waals surface area contributed by atoms with Crippen LogP contribution < -0.4 is 5.73 Å². The summed E-state index contributed by atoms with van der Waals surface area (Å²) in [5, 5.41) is 0.997. The van der Waals surface area contributed by atoms with E-state index in [1.807, 2.05) is 13.8 Å². The third kappa shape index (κ3) is 2.17. The molecular weight excluding hydrogens is 172 g/mol. The van der Waals surface area contributed by atoms with Gasteiger partial charge in [-0.1, -0.05) is 0 Å². The number of amides is 1. The zero-order chi connectivity index (χ0) is 9.14. The molecule has 0 atom stereocenters. The lowest BCUT2D eigenvalue weighted by Gasteiger charge is -1.84. The highest BCUT2D eigenvalue weighted by atomic mass is 32.1. The van der Waals surface area contributed by atoms with Gasteiger partial charge in [-0.05, 0) is 19.9 Å². The number of hydrogen-bond donors (Lipinski definition) is 1. The largest absolute Gasteiger partial charge is 0.366 e. The average molecular weight is 182 g/mol. The van der Waals surface area contributed by atoms with Crippen molar-refractivity contribution in [2.24, 2.45) is 5.73 Å². The molecule has 1 aromatic heterocycles. The molecule has 0 saturated carbocycles. The smallest absolute Gasteiger partial charge is 0.241 e. The van der Waals surface area contributed by atoms with Gasteiger partial charge in [0, 0.05) is 6.08 Å². The summed E-state index contributed by atoms with van der Waals surface area (Å²) >= 11 is 1.55. The van der Waals surface area contributed by atoms with Gasteiger partial charge in [-0.2, -0.15) is 0 Å². The first-order valence-electron chi connectivity index (χ1n) is 3.51. The molecule has 0 aromatic carbocycles. The predicted octanol–water partition coefficient (Wildman–Crippen LogP) is 1.26. The fourth-order valence-corrected chi connectivity index (χ4v) is 1.69. The summed E-state index contributed by atoms with van der Waals surface area (Å²) in [5.74, 6) is -0.430. The minimum Gasteiger partial charge on any atom is -0.366 e. The molecule has 0 spiro atoms. The normalized spacial score (nSPS) is 10.8. The summed E-state index contributed by atoms with van der Waals surface area (Å²) in [7, 11) is 0. The van der Waals surface area contributed by atoms with Crippen LogP contribution in [-0.2, 0) is 4.79 Å². The second-order valence-corrected chi connectivity index (χ2v) is 3.65. The topological polar surface area (TPSA) is 56.0 Å². The van der Waals surface area contributed by atoms with Crippen molar-refractivity contribution in [3.8, 4) is 0 Å². The number of thiazole rings is 1. The van der Waals surface area contributed by atoms with Gasteiger partial charge in [0.2, 0.25) is 5.91 Å². The molecule has 64 valence electrons. The molecule has 0 fully saturated rings. The summed E-state index contributed by atoms with van der Waals surface area (Å²) in [6, 6.07) is 0. The highest BCUT2D eigenvalue weighted by Crippen LogP contribution is 2.18. The van der Waals surface area contributed by atoms with Crippen LogP contribution in [0.2, 0.25) is 0 Å². The van der Waals surface area contributed by atoms with E-state index in [-0.39, 0.29) is 0 Å². The summed E-state index contributed by atoms with van der Waals surface area (Å²) in [6.45, 7) is 3.84. The van der Waals surface area contributed by atoms with Gasteiger partial charge in [-0.15, -0.1) is 11.3 Å². The first-order chi connectivity index (χ1) is 5.59. The Morgan fingerprint density at radius 3 is 2.67 bits per heavy atom. The Labute approximate surface area is 74.9 Å². The van der Waals surface area contributed by atoms with Crippen LogP contribution in [0.5, 0.6) is 0 Å². The number of nitrogens with zero attached hydrogens (tertiary/aromatic N) is 1. The van der Waals surface area contributed by atoms with E-state index in [2.05, 4.69) is 4.98 Å². The second kappa shape index (κ2) is 3.49. The Bertz CT molecular complexity index is 328. The van der Waals surface area contributed by atoms with Crippen LogP contribution >= 0.6 is 11.3 Å². The maximum Gasteiger partial charge on any atom is 0.241 e. The van der Waals surface area contributed by atoms with Crippen molar-refractivity contribution < 1.29 is 4.79 Å². The molecule has 0 aliphatic rings. The Morgan fingerprint density at radius 2 is 2.25 bits per heavy atom. The highest BCUT2D eigenvalue weighted by molar-refractivity contribution is 7.12. The fraction of sp³-hybridized carbons (Fsp3) is 0.250. The maximum absolute atomic E-state index is 10.4. The minimum atomic E-state index is -0.430. The Kier molecular flexibility index (Phi) is 2.60. The van der Waals surface area contributed by atoms with Crippen LogP contribution in [-0.4, -0.2) is 10.9 Å². The molecule has 4 heteroatoms. The predicted molar refractivity (Wildman–Crippen MR) is 49.8 cm³/mol. The van der Waals surface area contributed by atoms with Crippen molar-refractivity contribution in [3.63, 3.8) is 0 Å². The van der Waals surface area contributed by atoms with Crippen molar-refractivity contribution in [3.05, 3.63) is 21.7 Å². The van der Waals surface area contributed by atoms with Gasteiger partial charge in [0.15, 0.2) is 0 Å². The van der Waals surface area contributed by atoms with Gasteiger partial charge in [0.25, 0.3) is 0 Å². The van der Waals surface area contributed by atoms with Gasteiger partial charge >= 0.3 is 0 Å². The molecular formula is C8H10N2OS. The molecule has 1 rings (SSSR count). The van der Waals surface area contributed by atoms with E-state index in [1.165, 1.54) is 6.08 Å². The number of aryl methyl sites for hydroxylation is 2. The molecule has 1 heterocycles. The molecule has 2 N–H and O–H groups in total. The van der Waals surface area contributed by atoms with E-state index in [9.17, 15) is 4.79 Å². The van der Waals surface area contributed by atoms with E-state index >= 15 is 0 Å². The molecule has 0 aliphatic heterocycles. The molecule has 0 saturated heterocycles. The number of hydrogen-bond acceptors (Lipinski definition) is 3. The summed E-state index contributed by atoms with van der Waals surface area (Å²) in [4.78, 5) is 15.6. The molecule has 1 amide bonds. The van der Waals surface area contributed by atoms with E-state index in [1.54, 1.807) is 17.4 Å². The van der Waals surface area contributed by atoms with Gasteiger partial charge in [0.05, 0.1) is 15.6 Å². The summed E-state index contributed by atoms with van der Waals surface area (Å²) in [6.07, 6.45) is 3.04. The number of nitrogens with two attached hydrogens (primary N) is 1. The van der Waals surface area contributed by atoms with Crippen molar-refractivity contribution >= 4 is 23.3 Å². The molecule has 1 aromatic rings. The summed E-state index contributed by atoms with van der Waals surface area (Å²) in [5.41, 5.74) is 5.90. The standard InChI is InChI=1S/C8H10N2OS/c1-5-7(3-4-8(9)11)12-6(2)10-5/h3-4H,1-2H3,(H2,9,11)/b4-3-. The van der Waals surface area contributed by atoms with Gasteiger partial charge in [-0.3, -0.25) is 4.79 Å². The zero-order valence-corrected chi connectivity index (χ0v) is 7.81. The molecule has 0 bridgehead atoms. The van der Waals surface area contributed by atoms with Gasteiger partial charge in [-0.25, -0.2) is 4.98 Å². The van der Waals surface area contributed by atoms with Crippen LogP contribution in [0.3, 0.4) is 0 Å². The lowest BCUT2D eigenvalue weighted by Crippen LogP contribution is -2.04. The van der Waals surface area contributed by atoms with E-state index in [0.29, 0.717) is 0 Å². The second-order valence-electron chi connectivity index (χ2n) is 2.42. The highest BCUT2D eigenvalue weighted by Gasteiger charge is 2.00. The molecule has 0 aliphatic carbocycles. The first kappa shape index (κ1) is 8.93. The van der Waals surface area contributed by atoms with Crippen molar-refractivity contribution in [2.45, 2.75) is 13.8 Å². The maximum atomic E-state index is 10.4. The lowest BCUT2D eigenvalue weighted by atomic mass is 10.3. The van der Waals surface area contributed by atoms with E-state index in [4.69, 9.17) is 5.73 Å². The number of carbonyl (C=O) groups is 1. The Morgan fingerprint density at radius 1 is 1.58 bits per heavy atom. The monoisotopic (exact) mass is 182 g/mol. The quantitative estimate of drug-likeness (QED) is 0.700. The average Bonchev–Trinajstić information content (AvgIpc) is 2.26. The first-order valence-corrected chi connectivity index (χ1v) is 4.33. The number of carbonyl (C=O) groups excluding carboxylic acids is 1. The minimum absolute atomic E-state index is 0.430. The van der Waals surface area contributed by atoms with Crippen LogP contribution in [0, 0.1) is 13.8 Å². The molecule has 0 radical (unpaired) electrons. The SMILES string of the molecule is Cc1nc(C)c(/C=C\C(N)=O)s1. The Balaban J connectivity index is 2.89. The van der Waals surface area contributed by atoms with Crippen molar-refractivity contribution in [1.82, 2.24) is 4.98 Å². The van der Waals surface area contributed by atoms with Crippen molar-refractivity contribution in [1.29, 1.82) is 0 Å². The summed E-state index contributed by atoms with van der Waals surface area (Å²) < 4.78 is 0. The Hall–Kier alpha value is -1.16. The van der Waals surface area contributed by atoms with Crippen LogP contribution in [0.4, 0.5) is 0 Å². The number of aromatic nitrogens is 1. The fourth-order valence-electron chi connectivity index (χ4n) is 0.860. The zero-order valence-electron chi connectivity index (χ0n) is 7.00. The van der Waals surface area contributed by atoms with Gasteiger partial charge < -0.3 is 5.73 Å². The third-order valence-electron chi connectivity index (χ3n) is 1.34. The molecule has 0 unspecified atom stereocenters. The van der Waals surface area contributed by atoms with Crippen LogP contribution in [0.25, 0.3) is 6.08 Å². The number of rotatable bonds is 2. The van der Waals surface area contributed by atoms with Gasteiger partial charge in [0.1, 0.15) is 0 Å². The molecule has 12 heavy (non-hydrogen) atoms. The van der Waals surface area contributed by atoms with E-state index < -0.39 is 5.91 Å². The van der Waals surface area contributed by atoms with Crippen LogP contribution in [0.15, 0.2) is 6.08 Å². The van der Waals surface area contributed by atoms with Crippen molar-refractivity contribution in [2.75, 3.05) is 0 Å². The lowest BCUT2D eigenvalue weighted by molar-refractivity contribution is -0.113. The van der Waals surface area contributed by atoms with Crippen LogP contribution in [0.1, 0.15) is 15.6 Å². The molecule has 3 nitrogen and oxygen atoms in total. The van der Waals surface area contributed by atoms with E-state index in [0.717, 1.165) is 15.6 Å². The third-order valence-corrected chi connectivity index (χ3v) is 2.38. The number of primary amides is 1.